The van der Waals surface area contributed by atoms with Crippen LogP contribution in [0.2, 0.25) is 0 Å². The monoisotopic (exact) mass is 423 g/mol. The Kier molecular flexibility index (Phi) is 7.04. The molecule has 0 atom stereocenters. The van der Waals surface area contributed by atoms with Crippen molar-refractivity contribution in [2.45, 2.75) is 38.3 Å². The maximum Gasteiger partial charge on any atom is 0.224 e. The number of carbonyl (C=O) groups is 2. The first-order valence-electron chi connectivity index (χ1n) is 10.9. The number of benzene rings is 2. The fraction of sp³-hybridized carbons (Fsp3) is 0.417. The standard InChI is InChI=1S/C24H29N3O4/c28-23(25-19-10-12-27(13-11-19)17-18-4-2-1-3-5-18)8-9-24(29)26-20-6-7-21-22(16-20)31-15-14-30-21/h1-7,16,19H,8-15,17H2,(H,25,28)(H,26,29). The summed E-state index contributed by atoms with van der Waals surface area (Å²) in [6.07, 6.45) is 2.19. The minimum absolute atomic E-state index is 0.0705. The molecule has 0 aliphatic carbocycles. The van der Waals surface area contributed by atoms with Crippen LogP contribution in [0.1, 0.15) is 31.2 Å². The van der Waals surface area contributed by atoms with E-state index in [1.54, 1.807) is 18.2 Å². The Labute approximate surface area is 182 Å². The van der Waals surface area contributed by atoms with Crippen molar-refractivity contribution in [3.05, 3.63) is 54.1 Å². The molecule has 2 heterocycles. The van der Waals surface area contributed by atoms with E-state index < -0.39 is 0 Å². The molecule has 0 saturated carbocycles. The summed E-state index contributed by atoms with van der Waals surface area (Å²) in [6.45, 7) is 3.89. The molecular formula is C24H29N3O4. The summed E-state index contributed by atoms with van der Waals surface area (Å²) in [5.74, 6) is 1.04. The molecule has 0 aromatic heterocycles. The zero-order valence-corrected chi connectivity index (χ0v) is 17.6. The number of ether oxygens (including phenoxy) is 2. The Bertz CT molecular complexity index is 895. The predicted molar refractivity (Wildman–Crippen MR) is 118 cm³/mol. The lowest BCUT2D eigenvalue weighted by molar-refractivity contribution is -0.125. The number of nitrogens with zero attached hydrogens (tertiary/aromatic N) is 1. The highest BCUT2D eigenvalue weighted by Gasteiger charge is 2.21. The molecule has 2 aliphatic heterocycles. The van der Waals surface area contributed by atoms with E-state index in [-0.39, 0.29) is 30.7 Å². The van der Waals surface area contributed by atoms with Gasteiger partial charge >= 0.3 is 0 Å². The van der Waals surface area contributed by atoms with Gasteiger partial charge in [-0.15, -0.1) is 0 Å². The van der Waals surface area contributed by atoms with Crippen LogP contribution in [0.25, 0.3) is 0 Å². The van der Waals surface area contributed by atoms with Gasteiger partial charge in [0.05, 0.1) is 0 Å². The van der Waals surface area contributed by atoms with Gasteiger partial charge in [-0.05, 0) is 30.5 Å². The minimum atomic E-state index is -0.190. The molecule has 0 unspecified atom stereocenters. The number of likely N-dealkylation sites (tertiary alicyclic amines) is 1. The number of rotatable bonds is 7. The van der Waals surface area contributed by atoms with E-state index in [1.165, 1.54) is 5.56 Å². The molecule has 2 aromatic carbocycles. The summed E-state index contributed by atoms with van der Waals surface area (Å²) in [5, 5.41) is 5.90. The van der Waals surface area contributed by atoms with Crippen molar-refractivity contribution in [2.24, 2.45) is 0 Å². The van der Waals surface area contributed by atoms with Gasteiger partial charge < -0.3 is 20.1 Å². The van der Waals surface area contributed by atoms with Crippen molar-refractivity contribution in [3.8, 4) is 11.5 Å². The third-order valence-corrected chi connectivity index (χ3v) is 5.61. The number of carbonyl (C=O) groups excluding carboxylic acids is 2. The van der Waals surface area contributed by atoms with Gasteiger partial charge in [-0.25, -0.2) is 0 Å². The van der Waals surface area contributed by atoms with Gasteiger partial charge in [0.2, 0.25) is 11.8 Å². The largest absolute Gasteiger partial charge is 0.486 e. The van der Waals surface area contributed by atoms with Crippen LogP contribution >= 0.6 is 0 Å². The molecule has 7 nitrogen and oxygen atoms in total. The number of amides is 2. The first-order valence-corrected chi connectivity index (χ1v) is 10.9. The summed E-state index contributed by atoms with van der Waals surface area (Å²) in [7, 11) is 0. The second-order valence-electron chi connectivity index (χ2n) is 8.01. The Morgan fingerprint density at radius 2 is 1.61 bits per heavy atom. The molecular weight excluding hydrogens is 394 g/mol. The van der Waals surface area contributed by atoms with Crippen molar-refractivity contribution < 1.29 is 19.1 Å². The Morgan fingerprint density at radius 1 is 0.903 bits per heavy atom. The summed E-state index contributed by atoms with van der Waals surface area (Å²) in [5.41, 5.74) is 1.95. The van der Waals surface area contributed by atoms with Crippen LogP contribution in [0.4, 0.5) is 5.69 Å². The number of hydrogen-bond donors (Lipinski definition) is 2. The van der Waals surface area contributed by atoms with Crippen LogP contribution < -0.4 is 20.1 Å². The summed E-state index contributed by atoms with van der Waals surface area (Å²) >= 11 is 0. The van der Waals surface area contributed by atoms with Crippen LogP contribution in [0, 0.1) is 0 Å². The zero-order chi connectivity index (χ0) is 21.5. The van der Waals surface area contributed by atoms with Crippen LogP contribution in [0.15, 0.2) is 48.5 Å². The second kappa shape index (κ2) is 10.3. The molecule has 2 amide bonds. The lowest BCUT2D eigenvalue weighted by atomic mass is 10.0. The molecule has 1 fully saturated rings. The maximum absolute atomic E-state index is 12.3. The van der Waals surface area contributed by atoms with Crippen molar-refractivity contribution in [1.82, 2.24) is 10.2 Å². The molecule has 164 valence electrons. The zero-order valence-electron chi connectivity index (χ0n) is 17.6. The molecule has 0 radical (unpaired) electrons. The van der Waals surface area contributed by atoms with Gasteiger partial charge in [0.15, 0.2) is 11.5 Å². The molecule has 0 spiro atoms. The van der Waals surface area contributed by atoms with Crippen LogP contribution in [-0.2, 0) is 16.1 Å². The summed E-state index contributed by atoms with van der Waals surface area (Å²) < 4.78 is 11.0. The molecule has 7 heteroatoms. The van der Waals surface area contributed by atoms with Crippen molar-refractivity contribution in [2.75, 3.05) is 31.6 Å². The number of piperidine rings is 1. The third kappa shape index (κ3) is 6.21. The number of nitrogens with one attached hydrogen (secondary N) is 2. The molecule has 1 saturated heterocycles. The fourth-order valence-corrected chi connectivity index (χ4v) is 3.95. The Morgan fingerprint density at radius 3 is 2.39 bits per heavy atom. The Balaban J connectivity index is 1.15. The molecule has 2 aliphatic rings. The number of fused-ring (bicyclic) bond motifs is 1. The van der Waals surface area contributed by atoms with E-state index in [1.807, 2.05) is 6.07 Å². The lowest BCUT2D eigenvalue weighted by Gasteiger charge is -2.32. The normalized spacial score (nSPS) is 16.5. The van der Waals surface area contributed by atoms with Crippen LogP contribution in [0.3, 0.4) is 0 Å². The average Bonchev–Trinajstić information content (AvgIpc) is 2.80. The van der Waals surface area contributed by atoms with E-state index in [2.05, 4.69) is 39.8 Å². The van der Waals surface area contributed by atoms with Gasteiger partial charge in [-0.3, -0.25) is 14.5 Å². The average molecular weight is 424 g/mol. The molecule has 2 N–H and O–H groups in total. The van der Waals surface area contributed by atoms with Gasteiger partial charge in [0, 0.05) is 50.3 Å². The number of anilines is 1. The van der Waals surface area contributed by atoms with E-state index in [9.17, 15) is 9.59 Å². The molecule has 0 bridgehead atoms. The highest BCUT2D eigenvalue weighted by molar-refractivity contribution is 5.93. The highest BCUT2D eigenvalue weighted by Crippen LogP contribution is 2.32. The predicted octanol–water partition coefficient (Wildman–Crippen LogP) is 2.96. The molecule has 2 aromatic rings. The van der Waals surface area contributed by atoms with Crippen LogP contribution in [0.5, 0.6) is 11.5 Å². The molecule has 31 heavy (non-hydrogen) atoms. The van der Waals surface area contributed by atoms with Gasteiger partial charge in [0.25, 0.3) is 0 Å². The van der Waals surface area contributed by atoms with Gasteiger partial charge in [-0.2, -0.15) is 0 Å². The summed E-state index contributed by atoms with van der Waals surface area (Å²) in [4.78, 5) is 26.9. The topological polar surface area (TPSA) is 79.9 Å². The third-order valence-electron chi connectivity index (χ3n) is 5.61. The first kappa shape index (κ1) is 21.2. The van der Waals surface area contributed by atoms with Gasteiger partial charge in [0.1, 0.15) is 13.2 Å². The fourth-order valence-electron chi connectivity index (χ4n) is 3.95. The Hall–Kier alpha value is -3.06. The number of hydrogen-bond acceptors (Lipinski definition) is 5. The van der Waals surface area contributed by atoms with Crippen molar-refractivity contribution >= 4 is 17.5 Å². The quantitative estimate of drug-likeness (QED) is 0.716. The van der Waals surface area contributed by atoms with E-state index >= 15 is 0 Å². The van der Waals surface area contributed by atoms with Gasteiger partial charge in [-0.1, -0.05) is 30.3 Å². The van der Waals surface area contributed by atoms with Crippen molar-refractivity contribution in [3.63, 3.8) is 0 Å². The summed E-state index contributed by atoms with van der Waals surface area (Å²) in [6, 6.07) is 15.9. The van der Waals surface area contributed by atoms with E-state index in [4.69, 9.17) is 9.47 Å². The lowest BCUT2D eigenvalue weighted by Crippen LogP contribution is -2.44. The first-order chi connectivity index (χ1) is 15.2. The molecule has 4 rings (SSSR count). The minimum Gasteiger partial charge on any atom is -0.486 e. The van der Waals surface area contributed by atoms with Crippen LogP contribution in [-0.4, -0.2) is 49.1 Å². The smallest absolute Gasteiger partial charge is 0.224 e. The maximum atomic E-state index is 12.3. The second-order valence-corrected chi connectivity index (χ2v) is 8.01. The van der Waals surface area contributed by atoms with E-state index in [0.29, 0.717) is 30.4 Å². The van der Waals surface area contributed by atoms with E-state index in [0.717, 1.165) is 32.5 Å². The van der Waals surface area contributed by atoms with Crippen molar-refractivity contribution in [1.29, 1.82) is 0 Å². The SMILES string of the molecule is O=C(CCC(=O)NC1CCN(Cc2ccccc2)CC1)Nc1ccc2c(c1)OCCO2. The highest BCUT2D eigenvalue weighted by atomic mass is 16.6.